The van der Waals surface area contributed by atoms with Crippen molar-refractivity contribution in [3.05, 3.63) is 42.7 Å². The summed E-state index contributed by atoms with van der Waals surface area (Å²) in [6.45, 7) is 0. The highest BCUT2D eigenvalue weighted by Crippen LogP contribution is 2.27. The summed E-state index contributed by atoms with van der Waals surface area (Å²) in [6.07, 6.45) is 3.71. The van der Waals surface area contributed by atoms with E-state index in [0.717, 1.165) is 16.5 Å². The smallest absolute Gasteiger partial charge is 0.163 e. The van der Waals surface area contributed by atoms with Gasteiger partial charge >= 0.3 is 0 Å². The Bertz CT molecular complexity index is 685. The number of hydrogen-bond acceptors (Lipinski definition) is 3. The first kappa shape index (κ1) is 9.84. The van der Waals surface area contributed by atoms with Crippen molar-refractivity contribution in [2.24, 2.45) is 7.05 Å². The number of rotatable bonds is 1. The van der Waals surface area contributed by atoms with Crippen LogP contribution in [-0.4, -0.2) is 14.5 Å². The molecule has 4 nitrogen and oxygen atoms in total. The fourth-order valence-corrected chi connectivity index (χ4v) is 2.02. The average molecular weight is 224 g/mol. The molecule has 0 saturated heterocycles. The number of nitrogens with two attached hydrogens (primary N) is 1. The summed E-state index contributed by atoms with van der Waals surface area (Å²) in [4.78, 5) is 8.53. The quantitative estimate of drug-likeness (QED) is 0.689. The molecule has 84 valence electrons. The lowest BCUT2D eigenvalue weighted by atomic mass is 10.1. The van der Waals surface area contributed by atoms with E-state index in [1.165, 1.54) is 0 Å². The Hall–Kier alpha value is -2.36. The molecule has 0 aliphatic carbocycles. The first-order valence-corrected chi connectivity index (χ1v) is 5.38. The van der Waals surface area contributed by atoms with Crippen molar-refractivity contribution in [3.8, 4) is 11.4 Å². The number of para-hydroxylation sites is 1. The molecule has 2 heterocycles. The average Bonchev–Trinajstić information content (AvgIpc) is 2.68. The zero-order valence-corrected chi connectivity index (χ0v) is 9.46. The van der Waals surface area contributed by atoms with Crippen LogP contribution in [0.2, 0.25) is 0 Å². The summed E-state index contributed by atoms with van der Waals surface area (Å²) in [7, 11) is 2.01. The summed E-state index contributed by atoms with van der Waals surface area (Å²) in [5, 5.41) is 1.14. The van der Waals surface area contributed by atoms with Crippen LogP contribution in [0.4, 0.5) is 5.82 Å². The molecule has 0 unspecified atom stereocenters. The van der Waals surface area contributed by atoms with Crippen LogP contribution in [-0.2, 0) is 7.05 Å². The maximum Gasteiger partial charge on any atom is 0.163 e. The van der Waals surface area contributed by atoms with Crippen LogP contribution in [0.1, 0.15) is 0 Å². The number of aromatic nitrogens is 3. The molecule has 0 aliphatic heterocycles. The number of nitrogen functional groups attached to an aromatic ring is 1. The predicted molar refractivity (Wildman–Crippen MR) is 68.4 cm³/mol. The first-order valence-electron chi connectivity index (χ1n) is 5.38. The maximum absolute atomic E-state index is 5.69. The molecule has 2 aromatic heterocycles. The van der Waals surface area contributed by atoms with Gasteiger partial charge in [0, 0.05) is 35.9 Å². The van der Waals surface area contributed by atoms with Crippen LogP contribution in [0.5, 0.6) is 0 Å². The molecular weight excluding hydrogens is 212 g/mol. The van der Waals surface area contributed by atoms with Crippen molar-refractivity contribution in [1.29, 1.82) is 0 Å². The monoisotopic (exact) mass is 224 g/mol. The molecule has 17 heavy (non-hydrogen) atoms. The number of aryl methyl sites for hydroxylation is 1. The van der Waals surface area contributed by atoms with E-state index in [9.17, 15) is 0 Å². The third-order valence-electron chi connectivity index (χ3n) is 2.81. The van der Waals surface area contributed by atoms with Crippen LogP contribution in [0, 0.1) is 0 Å². The summed E-state index contributed by atoms with van der Waals surface area (Å²) < 4.78 is 2.07. The fraction of sp³-hybridized carbons (Fsp3) is 0.0769. The van der Waals surface area contributed by atoms with Gasteiger partial charge in [0.15, 0.2) is 5.82 Å². The molecule has 0 bridgehead atoms. The number of anilines is 1. The van der Waals surface area contributed by atoms with E-state index in [2.05, 4.69) is 26.7 Å². The normalized spacial score (nSPS) is 10.9. The van der Waals surface area contributed by atoms with Crippen LogP contribution < -0.4 is 5.73 Å². The van der Waals surface area contributed by atoms with Crippen LogP contribution >= 0.6 is 0 Å². The van der Waals surface area contributed by atoms with E-state index < -0.39 is 0 Å². The Kier molecular flexibility index (Phi) is 2.08. The van der Waals surface area contributed by atoms with Gasteiger partial charge in [-0.05, 0) is 12.1 Å². The molecule has 0 radical (unpaired) electrons. The molecular formula is C13H12N4. The lowest BCUT2D eigenvalue weighted by Crippen LogP contribution is -1.93. The molecule has 4 heteroatoms. The summed E-state index contributed by atoms with van der Waals surface area (Å²) >= 11 is 0. The molecule has 3 rings (SSSR count). The van der Waals surface area contributed by atoms with Gasteiger partial charge in [-0.1, -0.05) is 18.2 Å². The molecule has 0 aliphatic rings. The van der Waals surface area contributed by atoms with E-state index in [4.69, 9.17) is 5.73 Å². The minimum absolute atomic E-state index is 0.489. The summed E-state index contributed by atoms with van der Waals surface area (Å²) in [5.41, 5.74) is 7.86. The highest BCUT2D eigenvalue weighted by molar-refractivity contribution is 5.94. The van der Waals surface area contributed by atoms with E-state index in [1.807, 2.05) is 25.4 Å². The first-order chi connectivity index (χ1) is 8.25. The third kappa shape index (κ3) is 1.54. The van der Waals surface area contributed by atoms with E-state index >= 15 is 0 Å². The SMILES string of the molecule is Cn1cc(-c2nccc(N)n2)c2ccccc21. The Morgan fingerprint density at radius 2 is 2.00 bits per heavy atom. The van der Waals surface area contributed by atoms with Gasteiger partial charge in [0.1, 0.15) is 5.82 Å². The second-order valence-corrected chi connectivity index (χ2v) is 3.98. The van der Waals surface area contributed by atoms with Gasteiger partial charge in [0.25, 0.3) is 0 Å². The van der Waals surface area contributed by atoms with Crippen LogP contribution in [0.3, 0.4) is 0 Å². The zero-order chi connectivity index (χ0) is 11.8. The molecule has 0 saturated carbocycles. The molecule has 0 amide bonds. The molecule has 0 spiro atoms. The minimum atomic E-state index is 0.489. The van der Waals surface area contributed by atoms with Crippen LogP contribution in [0.25, 0.3) is 22.3 Å². The largest absolute Gasteiger partial charge is 0.384 e. The molecule has 0 fully saturated rings. The van der Waals surface area contributed by atoms with Gasteiger partial charge in [0.05, 0.1) is 0 Å². The second kappa shape index (κ2) is 3.59. The van der Waals surface area contributed by atoms with Gasteiger partial charge in [-0.2, -0.15) is 0 Å². The Morgan fingerprint density at radius 1 is 1.18 bits per heavy atom. The Morgan fingerprint density at radius 3 is 2.82 bits per heavy atom. The van der Waals surface area contributed by atoms with Crippen molar-refractivity contribution in [3.63, 3.8) is 0 Å². The van der Waals surface area contributed by atoms with Crippen molar-refractivity contribution < 1.29 is 0 Å². The zero-order valence-electron chi connectivity index (χ0n) is 9.46. The predicted octanol–water partition coefficient (Wildman–Crippen LogP) is 2.22. The molecule has 2 N–H and O–H groups in total. The van der Waals surface area contributed by atoms with Gasteiger partial charge < -0.3 is 10.3 Å². The molecule has 3 aromatic rings. The van der Waals surface area contributed by atoms with E-state index in [0.29, 0.717) is 11.6 Å². The Labute approximate surface area is 98.7 Å². The van der Waals surface area contributed by atoms with E-state index in [-0.39, 0.29) is 0 Å². The van der Waals surface area contributed by atoms with Gasteiger partial charge in [0.2, 0.25) is 0 Å². The van der Waals surface area contributed by atoms with Gasteiger partial charge in [-0.3, -0.25) is 0 Å². The highest BCUT2D eigenvalue weighted by atomic mass is 15.0. The highest BCUT2D eigenvalue weighted by Gasteiger charge is 2.10. The van der Waals surface area contributed by atoms with E-state index in [1.54, 1.807) is 12.3 Å². The number of fused-ring (bicyclic) bond motifs is 1. The number of hydrogen-bond donors (Lipinski definition) is 1. The minimum Gasteiger partial charge on any atom is -0.384 e. The third-order valence-corrected chi connectivity index (χ3v) is 2.81. The van der Waals surface area contributed by atoms with Crippen molar-refractivity contribution in [2.75, 3.05) is 5.73 Å². The second-order valence-electron chi connectivity index (χ2n) is 3.98. The number of nitrogens with zero attached hydrogens (tertiary/aromatic N) is 3. The molecule has 1 aromatic carbocycles. The molecule has 0 atom stereocenters. The standard InChI is InChI=1S/C13H12N4/c1-17-8-10(9-4-2-3-5-11(9)17)13-15-7-6-12(14)16-13/h2-8H,1H3,(H2,14,15,16). The topological polar surface area (TPSA) is 56.7 Å². The lowest BCUT2D eigenvalue weighted by Gasteiger charge is -1.98. The van der Waals surface area contributed by atoms with Crippen molar-refractivity contribution in [1.82, 2.24) is 14.5 Å². The maximum atomic E-state index is 5.69. The van der Waals surface area contributed by atoms with Crippen molar-refractivity contribution >= 4 is 16.7 Å². The summed E-state index contributed by atoms with van der Waals surface area (Å²) in [5.74, 6) is 1.16. The lowest BCUT2D eigenvalue weighted by molar-refractivity contribution is 0.968. The van der Waals surface area contributed by atoms with Gasteiger partial charge in [-0.25, -0.2) is 9.97 Å². The van der Waals surface area contributed by atoms with Crippen LogP contribution in [0.15, 0.2) is 42.7 Å². The van der Waals surface area contributed by atoms with Gasteiger partial charge in [-0.15, -0.1) is 0 Å². The summed E-state index contributed by atoms with van der Waals surface area (Å²) in [6, 6.07) is 9.86. The Balaban J connectivity index is 2.31. The van der Waals surface area contributed by atoms with Crippen molar-refractivity contribution in [2.45, 2.75) is 0 Å². The number of benzene rings is 1. The fourth-order valence-electron chi connectivity index (χ4n) is 2.02.